The van der Waals surface area contributed by atoms with E-state index in [4.69, 9.17) is 9.26 Å². The van der Waals surface area contributed by atoms with E-state index < -0.39 is 17.3 Å². The maximum Gasteiger partial charge on any atom is 0.350 e. The largest absolute Gasteiger partial charge is 0.465 e. The van der Waals surface area contributed by atoms with Crippen molar-refractivity contribution in [3.63, 3.8) is 0 Å². The highest BCUT2D eigenvalue weighted by atomic mass is 32.1. The highest BCUT2D eigenvalue weighted by Gasteiger charge is 2.59. The molecule has 1 aliphatic heterocycles. The number of rotatable bonds is 7. The number of alkyl halides is 2. The zero-order valence-electron chi connectivity index (χ0n) is 19.0. The van der Waals surface area contributed by atoms with Crippen molar-refractivity contribution in [1.82, 2.24) is 5.16 Å². The summed E-state index contributed by atoms with van der Waals surface area (Å²) in [6.07, 6.45) is 2.06. The lowest BCUT2D eigenvalue weighted by Crippen LogP contribution is -2.63. The first kappa shape index (κ1) is 24.3. The molecular weight excluding hydrogens is 470 g/mol. The molecule has 2 fully saturated rings. The second kappa shape index (κ2) is 9.06. The molecule has 4 rings (SSSR count). The summed E-state index contributed by atoms with van der Waals surface area (Å²) in [5.74, 6) is -3.63. The van der Waals surface area contributed by atoms with Crippen LogP contribution in [-0.2, 0) is 14.3 Å². The first-order valence-corrected chi connectivity index (χ1v) is 11.8. The summed E-state index contributed by atoms with van der Waals surface area (Å²) >= 11 is 1.17. The number of quaternary nitrogens is 1. The minimum absolute atomic E-state index is 0.0147. The average molecular weight is 498 g/mol. The molecule has 0 bridgehead atoms. The number of aromatic nitrogens is 1. The van der Waals surface area contributed by atoms with Crippen molar-refractivity contribution < 1.29 is 36.9 Å². The quantitative estimate of drug-likeness (QED) is 0.448. The zero-order valence-corrected chi connectivity index (χ0v) is 19.8. The Labute approximate surface area is 199 Å². The van der Waals surface area contributed by atoms with Crippen LogP contribution >= 0.6 is 11.3 Å². The number of nitrogens with one attached hydrogen (secondary N) is 2. The van der Waals surface area contributed by atoms with E-state index in [2.05, 4.69) is 15.8 Å². The number of hydrogen-bond acceptors (Lipinski definition) is 7. The number of aryl methyl sites for hydroxylation is 1. The molecule has 2 amide bonds. The standard InChI is InChI=1S/C22H26F2N4O5S/c1-14-11-34-19(20(31)32-2)18(14)26-17(30)10-28(9-16(29)25-15-3-8-33-27-15)6-4-21(5-7-28)12-22(23,24)13-21/h3,8,11H,4-7,9-10,12-13H2,1-2H3,(H-,25,26,27,29,30,31)/p+1. The van der Waals surface area contributed by atoms with E-state index in [1.54, 1.807) is 12.3 Å². The molecule has 1 spiro atoms. The number of halogens is 2. The number of piperidine rings is 1. The fourth-order valence-corrected chi connectivity index (χ4v) is 5.97. The summed E-state index contributed by atoms with van der Waals surface area (Å²) in [6, 6.07) is 1.50. The van der Waals surface area contributed by atoms with Gasteiger partial charge in [-0.2, -0.15) is 0 Å². The molecular formula is C22H27F2N4O5S+. The van der Waals surface area contributed by atoms with Crippen molar-refractivity contribution >= 4 is 40.6 Å². The number of amides is 2. The van der Waals surface area contributed by atoms with Crippen LogP contribution in [0.15, 0.2) is 22.2 Å². The summed E-state index contributed by atoms with van der Waals surface area (Å²) in [4.78, 5) is 38.2. The van der Waals surface area contributed by atoms with Crippen LogP contribution in [0.2, 0.25) is 0 Å². The lowest BCUT2D eigenvalue weighted by atomic mass is 9.60. The lowest BCUT2D eigenvalue weighted by molar-refractivity contribution is -0.920. The van der Waals surface area contributed by atoms with Crippen LogP contribution in [-0.4, -0.2) is 66.6 Å². The van der Waals surface area contributed by atoms with Gasteiger partial charge in [-0.3, -0.25) is 9.59 Å². The van der Waals surface area contributed by atoms with E-state index in [9.17, 15) is 23.2 Å². The van der Waals surface area contributed by atoms with E-state index in [1.807, 2.05) is 0 Å². The summed E-state index contributed by atoms with van der Waals surface area (Å²) in [6.45, 7) is 2.56. The van der Waals surface area contributed by atoms with Crippen LogP contribution in [0, 0.1) is 12.3 Å². The van der Waals surface area contributed by atoms with Gasteiger partial charge in [0, 0.05) is 31.7 Å². The fraction of sp³-hybridized carbons (Fsp3) is 0.545. The van der Waals surface area contributed by atoms with Gasteiger partial charge in [-0.15, -0.1) is 11.3 Å². The maximum absolute atomic E-state index is 13.6. The van der Waals surface area contributed by atoms with E-state index in [0.717, 1.165) is 5.56 Å². The number of anilines is 2. The number of esters is 1. The second-order valence-electron chi connectivity index (χ2n) is 9.41. The van der Waals surface area contributed by atoms with E-state index in [-0.39, 0.29) is 52.9 Å². The van der Waals surface area contributed by atoms with Crippen LogP contribution in [0.1, 0.15) is 40.9 Å². The summed E-state index contributed by atoms with van der Waals surface area (Å²) in [5, 5.41) is 10.9. The van der Waals surface area contributed by atoms with Crippen molar-refractivity contribution in [2.45, 2.75) is 38.5 Å². The Morgan fingerprint density at radius 3 is 2.38 bits per heavy atom. The molecule has 9 nitrogen and oxygen atoms in total. The predicted molar refractivity (Wildman–Crippen MR) is 120 cm³/mol. The molecule has 2 aliphatic rings. The third-order valence-electron chi connectivity index (χ3n) is 6.77. The van der Waals surface area contributed by atoms with Gasteiger partial charge in [0.2, 0.25) is 5.92 Å². The first-order valence-electron chi connectivity index (χ1n) is 10.9. The van der Waals surface area contributed by atoms with Crippen molar-refractivity contribution in [3.8, 4) is 0 Å². The molecule has 1 saturated heterocycles. The maximum atomic E-state index is 13.6. The second-order valence-corrected chi connectivity index (χ2v) is 10.3. The fourth-order valence-electron chi connectivity index (χ4n) is 5.05. The van der Waals surface area contributed by atoms with Crippen LogP contribution in [0.3, 0.4) is 0 Å². The Bertz CT molecular complexity index is 1070. The minimum Gasteiger partial charge on any atom is -0.465 e. The molecule has 184 valence electrons. The Kier molecular flexibility index (Phi) is 6.47. The first-order chi connectivity index (χ1) is 16.0. The van der Waals surface area contributed by atoms with Gasteiger partial charge in [0.15, 0.2) is 18.9 Å². The van der Waals surface area contributed by atoms with Crippen molar-refractivity contribution in [2.75, 3.05) is 43.9 Å². The van der Waals surface area contributed by atoms with Crippen molar-refractivity contribution in [1.29, 1.82) is 0 Å². The Morgan fingerprint density at radius 1 is 1.18 bits per heavy atom. The number of ether oxygens (including phenoxy) is 1. The predicted octanol–water partition coefficient (Wildman–Crippen LogP) is 3.43. The summed E-state index contributed by atoms with van der Waals surface area (Å²) < 4.78 is 36.8. The van der Waals surface area contributed by atoms with Crippen LogP contribution < -0.4 is 10.6 Å². The monoisotopic (exact) mass is 497 g/mol. The topological polar surface area (TPSA) is 111 Å². The van der Waals surface area contributed by atoms with E-state index in [1.165, 1.54) is 30.8 Å². The molecule has 2 N–H and O–H groups in total. The minimum atomic E-state index is -2.63. The molecule has 12 heteroatoms. The molecule has 0 radical (unpaired) electrons. The number of nitrogens with zero attached hydrogens (tertiary/aromatic N) is 2. The number of likely N-dealkylation sites (tertiary alicyclic amines) is 1. The third kappa shape index (κ3) is 5.12. The highest BCUT2D eigenvalue weighted by Crippen LogP contribution is 2.58. The van der Waals surface area contributed by atoms with Gasteiger partial charge in [0.25, 0.3) is 11.8 Å². The van der Waals surface area contributed by atoms with Gasteiger partial charge in [0.1, 0.15) is 11.1 Å². The van der Waals surface area contributed by atoms with E-state index in [0.29, 0.717) is 31.6 Å². The molecule has 2 aromatic rings. The molecule has 2 aromatic heterocycles. The molecule has 0 unspecified atom stereocenters. The lowest BCUT2D eigenvalue weighted by Gasteiger charge is -2.54. The summed E-state index contributed by atoms with van der Waals surface area (Å²) in [7, 11) is 1.27. The van der Waals surface area contributed by atoms with Gasteiger partial charge in [-0.25, -0.2) is 13.6 Å². The van der Waals surface area contributed by atoms with Crippen molar-refractivity contribution in [2.24, 2.45) is 5.41 Å². The van der Waals surface area contributed by atoms with Crippen LogP contribution in [0.4, 0.5) is 20.3 Å². The van der Waals surface area contributed by atoms with Gasteiger partial charge >= 0.3 is 5.97 Å². The number of carbonyl (C=O) groups excluding carboxylic acids is 3. The zero-order chi connectivity index (χ0) is 24.6. The SMILES string of the molecule is COC(=O)c1scc(C)c1NC(=O)C[N+]1(CC(=O)Nc2ccon2)CCC2(CC1)CC(F)(F)C2. The highest BCUT2D eigenvalue weighted by molar-refractivity contribution is 7.12. The Hall–Kier alpha value is -2.86. The average Bonchev–Trinajstić information content (AvgIpc) is 3.38. The smallest absolute Gasteiger partial charge is 0.350 e. The Morgan fingerprint density at radius 2 is 1.82 bits per heavy atom. The summed E-state index contributed by atoms with van der Waals surface area (Å²) in [5.41, 5.74) is 0.689. The number of hydrogen-bond donors (Lipinski definition) is 2. The van der Waals surface area contributed by atoms with E-state index >= 15 is 0 Å². The molecule has 3 heterocycles. The molecule has 0 atom stereocenters. The normalized spacial score (nSPS) is 19.8. The van der Waals surface area contributed by atoms with Crippen LogP contribution in [0.25, 0.3) is 0 Å². The molecule has 34 heavy (non-hydrogen) atoms. The number of thiophene rings is 1. The van der Waals surface area contributed by atoms with Gasteiger partial charge < -0.3 is 24.4 Å². The Balaban J connectivity index is 1.48. The number of methoxy groups -OCH3 is 1. The molecule has 1 aliphatic carbocycles. The van der Waals surface area contributed by atoms with Gasteiger partial charge in [-0.1, -0.05) is 5.16 Å². The van der Waals surface area contributed by atoms with Gasteiger partial charge in [-0.05, 0) is 23.3 Å². The van der Waals surface area contributed by atoms with Gasteiger partial charge in [0.05, 0.1) is 25.9 Å². The van der Waals surface area contributed by atoms with Crippen molar-refractivity contribution in [3.05, 3.63) is 28.2 Å². The van der Waals surface area contributed by atoms with Crippen LogP contribution in [0.5, 0.6) is 0 Å². The third-order valence-corrected chi connectivity index (χ3v) is 7.85. The number of carbonyl (C=O) groups is 3. The molecule has 1 saturated carbocycles. The molecule has 0 aromatic carbocycles.